The van der Waals surface area contributed by atoms with Gasteiger partial charge in [0.15, 0.2) is 0 Å². The zero-order chi connectivity index (χ0) is 21.9. The van der Waals surface area contributed by atoms with Crippen LogP contribution in [0.2, 0.25) is 0 Å². The summed E-state index contributed by atoms with van der Waals surface area (Å²) in [6.45, 7) is 3.06. The molecular weight excluding hydrogens is 380 g/mol. The third-order valence-electron chi connectivity index (χ3n) is 5.89. The van der Waals surface area contributed by atoms with Gasteiger partial charge in [0.2, 0.25) is 0 Å². The van der Waals surface area contributed by atoms with E-state index in [4.69, 9.17) is 9.47 Å². The average molecular weight is 429 g/mol. The molecule has 1 aliphatic rings. The van der Waals surface area contributed by atoms with Crippen LogP contribution >= 0.6 is 0 Å². The summed E-state index contributed by atoms with van der Waals surface area (Å²) in [5.74, 6) is 0. The Morgan fingerprint density at radius 1 is 0.833 bits per heavy atom. The van der Waals surface area contributed by atoms with Crippen molar-refractivity contribution in [2.45, 2.75) is 128 Å². The molecule has 5 heteroatoms. The van der Waals surface area contributed by atoms with Crippen LogP contribution in [0.5, 0.6) is 0 Å². The number of aliphatic hydroxyl groups excluding tert-OH is 3. The highest BCUT2D eigenvalue weighted by Gasteiger charge is 2.39. The molecule has 0 aromatic heterocycles. The minimum Gasteiger partial charge on any atom is -0.388 e. The summed E-state index contributed by atoms with van der Waals surface area (Å²) in [6, 6.07) is 0. The maximum Gasteiger partial charge on any atom is 0.114 e. The summed E-state index contributed by atoms with van der Waals surface area (Å²) in [7, 11) is 0. The molecule has 30 heavy (non-hydrogen) atoms. The second-order valence-electron chi connectivity index (χ2n) is 8.79. The van der Waals surface area contributed by atoms with Gasteiger partial charge in [-0.2, -0.15) is 0 Å². The van der Waals surface area contributed by atoms with E-state index in [1.807, 2.05) is 0 Å². The summed E-state index contributed by atoms with van der Waals surface area (Å²) in [6.07, 6.45) is 20.5. The van der Waals surface area contributed by atoms with Gasteiger partial charge in [0, 0.05) is 6.61 Å². The first kappa shape index (κ1) is 27.6. The van der Waals surface area contributed by atoms with Gasteiger partial charge in [0.25, 0.3) is 0 Å². The summed E-state index contributed by atoms with van der Waals surface area (Å²) in [5.41, 5.74) is 0. The average Bonchev–Trinajstić information content (AvgIpc) is 3.08. The van der Waals surface area contributed by atoms with E-state index in [9.17, 15) is 15.3 Å². The number of aliphatic hydroxyl groups is 3. The minimum absolute atomic E-state index is 0.0693. The van der Waals surface area contributed by atoms with Crippen molar-refractivity contribution in [1.29, 1.82) is 0 Å². The molecule has 0 radical (unpaired) electrons. The van der Waals surface area contributed by atoms with Crippen LogP contribution < -0.4 is 0 Å². The van der Waals surface area contributed by atoms with Crippen molar-refractivity contribution in [2.24, 2.45) is 0 Å². The molecule has 0 aliphatic carbocycles. The maximum absolute atomic E-state index is 9.96. The van der Waals surface area contributed by atoms with Crippen molar-refractivity contribution in [1.82, 2.24) is 0 Å². The topological polar surface area (TPSA) is 79.2 Å². The lowest BCUT2D eigenvalue weighted by Gasteiger charge is -2.20. The molecule has 1 aliphatic heterocycles. The molecule has 0 aromatic rings. The maximum atomic E-state index is 9.96. The standard InChI is InChI=1S/C25H48O5/c1-2-3-4-5-6-7-8-9-10-11-12-13-14-15-16-17-18-19-29-20-23(27)25-24(28)22(26)21-30-25/h4-5,22-28H,2-3,6-21H2,1H3/b5-4+/t22-,23+,24-,25-/m0/s1. The quantitative estimate of drug-likeness (QED) is 0.190. The fourth-order valence-electron chi connectivity index (χ4n) is 3.90. The van der Waals surface area contributed by atoms with E-state index < -0.39 is 24.4 Å². The van der Waals surface area contributed by atoms with Gasteiger partial charge in [-0.25, -0.2) is 0 Å². The molecule has 5 nitrogen and oxygen atoms in total. The van der Waals surface area contributed by atoms with Crippen LogP contribution in [0.4, 0.5) is 0 Å². The number of hydrogen-bond acceptors (Lipinski definition) is 5. The number of allylic oxidation sites excluding steroid dienone is 2. The fourth-order valence-corrected chi connectivity index (χ4v) is 3.90. The second kappa shape index (κ2) is 19.2. The van der Waals surface area contributed by atoms with Crippen LogP contribution in [0.3, 0.4) is 0 Å². The Hall–Kier alpha value is -0.460. The van der Waals surface area contributed by atoms with E-state index in [2.05, 4.69) is 19.1 Å². The molecular formula is C25H48O5. The minimum atomic E-state index is -1.03. The van der Waals surface area contributed by atoms with Gasteiger partial charge in [-0.1, -0.05) is 89.7 Å². The van der Waals surface area contributed by atoms with Crippen molar-refractivity contribution in [2.75, 3.05) is 19.8 Å². The normalized spacial score (nSPS) is 22.9. The van der Waals surface area contributed by atoms with Gasteiger partial charge in [0.1, 0.15) is 24.4 Å². The van der Waals surface area contributed by atoms with Gasteiger partial charge >= 0.3 is 0 Å². The molecule has 4 atom stereocenters. The third-order valence-corrected chi connectivity index (χ3v) is 5.89. The molecule has 1 fully saturated rings. The van der Waals surface area contributed by atoms with Gasteiger partial charge in [-0.15, -0.1) is 0 Å². The molecule has 178 valence electrons. The van der Waals surface area contributed by atoms with Crippen molar-refractivity contribution in [3.63, 3.8) is 0 Å². The molecule has 0 spiro atoms. The molecule has 1 heterocycles. The van der Waals surface area contributed by atoms with E-state index in [1.54, 1.807) is 0 Å². The monoisotopic (exact) mass is 428 g/mol. The van der Waals surface area contributed by atoms with Gasteiger partial charge in [-0.3, -0.25) is 0 Å². The third kappa shape index (κ3) is 13.8. The lowest BCUT2D eigenvalue weighted by atomic mass is 10.0. The molecule has 0 saturated carbocycles. The lowest BCUT2D eigenvalue weighted by molar-refractivity contribution is -0.0813. The van der Waals surface area contributed by atoms with E-state index in [-0.39, 0.29) is 13.2 Å². The predicted molar refractivity (Wildman–Crippen MR) is 123 cm³/mol. The number of hydrogen-bond donors (Lipinski definition) is 3. The van der Waals surface area contributed by atoms with Crippen LogP contribution in [0.25, 0.3) is 0 Å². The Kier molecular flexibility index (Phi) is 17.7. The summed E-state index contributed by atoms with van der Waals surface area (Å²) in [5, 5.41) is 29.1. The molecule has 0 bridgehead atoms. The summed E-state index contributed by atoms with van der Waals surface area (Å²) < 4.78 is 10.7. The first-order valence-corrected chi connectivity index (χ1v) is 12.5. The molecule has 3 N–H and O–H groups in total. The van der Waals surface area contributed by atoms with Crippen LogP contribution in [0.1, 0.15) is 103 Å². The number of unbranched alkanes of at least 4 members (excludes halogenated alkanes) is 13. The number of ether oxygens (including phenoxy) is 2. The molecule has 0 aromatic carbocycles. The largest absolute Gasteiger partial charge is 0.388 e. The van der Waals surface area contributed by atoms with Crippen molar-refractivity contribution >= 4 is 0 Å². The molecule has 0 unspecified atom stereocenters. The van der Waals surface area contributed by atoms with Crippen LogP contribution in [0, 0.1) is 0 Å². The zero-order valence-corrected chi connectivity index (χ0v) is 19.4. The second-order valence-corrected chi connectivity index (χ2v) is 8.79. The smallest absolute Gasteiger partial charge is 0.114 e. The predicted octanol–water partition coefficient (Wildman–Crippen LogP) is 4.91. The first-order valence-electron chi connectivity index (χ1n) is 12.5. The zero-order valence-electron chi connectivity index (χ0n) is 19.4. The molecule has 0 amide bonds. The Morgan fingerprint density at radius 3 is 1.90 bits per heavy atom. The van der Waals surface area contributed by atoms with Crippen LogP contribution in [0.15, 0.2) is 12.2 Å². The SMILES string of the molecule is CCC/C=C/CCCCCCCCCCCCCCOC[C@@H](O)[C@@H]1OC[C@H](O)[C@@H]1O. The summed E-state index contributed by atoms with van der Waals surface area (Å²) >= 11 is 0. The van der Waals surface area contributed by atoms with Gasteiger partial charge in [-0.05, 0) is 25.7 Å². The van der Waals surface area contributed by atoms with E-state index in [0.717, 1.165) is 12.8 Å². The van der Waals surface area contributed by atoms with E-state index >= 15 is 0 Å². The highest BCUT2D eigenvalue weighted by molar-refractivity contribution is 4.87. The van der Waals surface area contributed by atoms with Crippen molar-refractivity contribution in [3.8, 4) is 0 Å². The van der Waals surface area contributed by atoms with Gasteiger partial charge < -0.3 is 24.8 Å². The Bertz CT molecular complexity index is 401. The van der Waals surface area contributed by atoms with Gasteiger partial charge in [0.05, 0.1) is 13.2 Å². The Balaban J connectivity index is 1.75. The molecule has 1 saturated heterocycles. The lowest BCUT2D eigenvalue weighted by Crippen LogP contribution is -2.40. The van der Waals surface area contributed by atoms with Crippen LogP contribution in [-0.4, -0.2) is 59.6 Å². The fraction of sp³-hybridized carbons (Fsp3) is 0.920. The van der Waals surface area contributed by atoms with E-state index in [0.29, 0.717) is 6.61 Å². The Morgan fingerprint density at radius 2 is 1.37 bits per heavy atom. The van der Waals surface area contributed by atoms with Crippen molar-refractivity contribution in [3.05, 3.63) is 12.2 Å². The van der Waals surface area contributed by atoms with E-state index in [1.165, 1.54) is 83.5 Å². The van der Waals surface area contributed by atoms with Crippen LogP contribution in [-0.2, 0) is 9.47 Å². The first-order chi connectivity index (χ1) is 14.7. The number of rotatable bonds is 20. The van der Waals surface area contributed by atoms with Crippen molar-refractivity contribution < 1.29 is 24.8 Å². The highest BCUT2D eigenvalue weighted by atomic mass is 16.5. The highest BCUT2D eigenvalue weighted by Crippen LogP contribution is 2.18. The summed E-state index contributed by atoms with van der Waals surface area (Å²) in [4.78, 5) is 0. The molecule has 1 rings (SSSR count). The Labute approximate surface area is 184 Å².